The number of hydrogen-bond acceptors (Lipinski definition) is 5. The molecule has 0 radical (unpaired) electrons. The van der Waals surface area contributed by atoms with E-state index < -0.39 is 10.0 Å². The average molecular weight is 418 g/mol. The molecule has 8 nitrogen and oxygen atoms in total. The third-order valence-corrected chi connectivity index (χ3v) is 5.95. The quantitative estimate of drug-likeness (QED) is 0.678. The smallest absolute Gasteiger partial charge is 0.255 e. The van der Waals surface area contributed by atoms with Gasteiger partial charge in [0.2, 0.25) is 10.0 Å². The van der Waals surface area contributed by atoms with Crippen molar-refractivity contribution in [3.63, 3.8) is 0 Å². The van der Waals surface area contributed by atoms with Crippen molar-refractivity contribution < 1.29 is 13.2 Å². The van der Waals surface area contributed by atoms with E-state index in [1.54, 1.807) is 42.5 Å². The number of nitrogens with zero attached hydrogens (tertiary/aromatic N) is 3. The summed E-state index contributed by atoms with van der Waals surface area (Å²) in [6.45, 7) is 0.200. The van der Waals surface area contributed by atoms with Crippen LogP contribution >= 0.6 is 11.6 Å². The number of carbonyl (C=O) groups is 1. The molecule has 144 valence electrons. The molecule has 0 spiro atoms. The van der Waals surface area contributed by atoms with Crippen LogP contribution < -0.4 is 9.62 Å². The number of aromatic nitrogens is 3. The maximum Gasteiger partial charge on any atom is 0.255 e. The fraction of sp³-hybridized carbons (Fsp3) is 0.167. The first-order valence-electron chi connectivity index (χ1n) is 8.37. The summed E-state index contributed by atoms with van der Waals surface area (Å²) in [6.07, 6.45) is 2.52. The number of carbonyl (C=O) groups excluding carboxylic acids is 1. The Bertz CT molecular complexity index is 1130. The summed E-state index contributed by atoms with van der Waals surface area (Å²) in [4.78, 5) is 16.8. The molecule has 1 unspecified atom stereocenters. The molecule has 2 aromatic carbocycles. The summed E-state index contributed by atoms with van der Waals surface area (Å²) in [5.74, 6) is -0.0996. The molecule has 10 heteroatoms. The Kier molecular flexibility index (Phi) is 4.56. The van der Waals surface area contributed by atoms with Crippen LogP contribution in [0.1, 0.15) is 27.7 Å². The van der Waals surface area contributed by atoms with Crippen molar-refractivity contribution in [2.45, 2.75) is 5.92 Å². The highest BCUT2D eigenvalue weighted by atomic mass is 35.5. The number of H-pyrrole nitrogens is 1. The number of halogens is 1. The number of fused-ring (bicyclic) bond motifs is 1. The number of nitrogens with one attached hydrogen (secondary N) is 2. The van der Waals surface area contributed by atoms with Crippen LogP contribution in [0.3, 0.4) is 0 Å². The largest absolute Gasteiger partial charge is 0.322 e. The molecule has 1 aromatic heterocycles. The standard InChI is InChI=1S/C18H16ClN5O3S/c1-28(26,27)24-9-15(17-20-10-21-23-17)14-8-11(2-7-16(14)24)18(25)22-13-5-3-12(19)4-6-13/h2-8,10,15H,9H2,1H3,(H,22,25)(H,20,21,23). The number of benzene rings is 2. The van der Waals surface area contributed by atoms with Crippen LogP contribution in [0.2, 0.25) is 5.02 Å². The molecular weight excluding hydrogens is 402 g/mol. The highest BCUT2D eigenvalue weighted by Crippen LogP contribution is 2.40. The Morgan fingerprint density at radius 2 is 2.00 bits per heavy atom. The molecule has 0 saturated heterocycles. The van der Waals surface area contributed by atoms with Gasteiger partial charge in [0.05, 0.1) is 17.9 Å². The van der Waals surface area contributed by atoms with Gasteiger partial charge in [-0.1, -0.05) is 11.6 Å². The molecule has 1 aliphatic rings. The minimum Gasteiger partial charge on any atom is -0.322 e. The van der Waals surface area contributed by atoms with Crippen LogP contribution in [-0.4, -0.2) is 42.3 Å². The number of aromatic amines is 1. The molecule has 0 fully saturated rings. The zero-order valence-corrected chi connectivity index (χ0v) is 16.3. The summed E-state index contributed by atoms with van der Waals surface area (Å²) in [5, 5.41) is 10.0. The molecule has 1 atom stereocenters. The first kappa shape index (κ1) is 18.5. The van der Waals surface area contributed by atoms with E-state index in [0.717, 1.165) is 6.26 Å². The van der Waals surface area contributed by atoms with E-state index in [2.05, 4.69) is 20.5 Å². The van der Waals surface area contributed by atoms with Crippen molar-refractivity contribution >= 4 is 38.9 Å². The van der Waals surface area contributed by atoms with E-state index in [0.29, 0.717) is 33.3 Å². The molecule has 0 bridgehead atoms. The second kappa shape index (κ2) is 6.92. The summed E-state index contributed by atoms with van der Waals surface area (Å²) in [5.41, 5.74) is 2.26. The fourth-order valence-corrected chi connectivity index (χ4v) is 4.30. The monoisotopic (exact) mass is 417 g/mol. The van der Waals surface area contributed by atoms with Gasteiger partial charge in [0.15, 0.2) is 0 Å². The lowest BCUT2D eigenvalue weighted by Gasteiger charge is -2.16. The lowest BCUT2D eigenvalue weighted by Crippen LogP contribution is -2.29. The van der Waals surface area contributed by atoms with Crippen molar-refractivity contribution in [3.05, 3.63) is 70.8 Å². The molecule has 1 aliphatic heterocycles. The van der Waals surface area contributed by atoms with Crippen molar-refractivity contribution in [2.24, 2.45) is 0 Å². The molecule has 4 rings (SSSR count). The number of amides is 1. The predicted octanol–water partition coefficient (Wildman–Crippen LogP) is 2.62. The first-order chi connectivity index (χ1) is 13.3. The Balaban J connectivity index is 1.70. The van der Waals surface area contributed by atoms with Crippen LogP contribution in [0.15, 0.2) is 48.8 Å². The van der Waals surface area contributed by atoms with E-state index in [9.17, 15) is 13.2 Å². The van der Waals surface area contributed by atoms with Gasteiger partial charge in [-0.15, -0.1) is 0 Å². The normalized spacial score (nSPS) is 16.1. The van der Waals surface area contributed by atoms with Gasteiger partial charge in [0, 0.05) is 22.8 Å². The van der Waals surface area contributed by atoms with E-state index in [1.807, 2.05) is 0 Å². The zero-order chi connectivity index (χ0) is 19.9. The summed E-state index contributed by atoms with van der Waals surface area (Å²) < 4.78 is 25.7. The van der Waals surface area contributed by atoms with Gasteiger partial charge in [-0.3, -0.25) is 14.2 Å². The maximum absolute atomic E-state index is 12.7. The lowest BCUT2D eigenvalue weighted by atomic mass is 9.98. The van der Waals surface area contributed by atoms with Crippen LogP contribution in [-0.2, 0) is 10.0 Å². The molecule has 2 N–H and O–H groups in total. The lowest BCUT2D eigenvalue weighted by molar-refractivity contribution is 0.102. The van der Waals surface area contributed by atoms with Gasteiger partial charge in [-0.2, -0.15) is 5.10 Å². The third-order valence-electron chi connectivity index (χ3n) is 4.55. The minimum absolute atomic E-state index is 0.200. The highest BCUT2D eigenvalue weighted by molar-refractivity contribution is 7.92. The van der Waals surface area contributed by atoms with E-state index in [1.165, 1.54) is 10.6 Å². The van der Waals surface area contributed by atoms with E-state index in [-0.39, 0.29) is 18.4 Å². The van der Waals surface area contributed by atoms with Crippen LogP contribution in [0.25, 0.3) is 0 Å². The van der Waals surface area contributed by atoms with Crippen molar-refractivity contribution in [2.75, 3.05) is 22.4 Å². The molecule has 1 amide bonds. The highest BCUT2D eigenvalue weighted by Gasteiger charge is 2.36. The minimum atomic E-state index is -3.47. The van der Waals surface area contributed by atoms with Gasteiger partial charge in [0.25, 0.3) is 5.91 Å². The molecule has 0 saturated carbocycles. The molecule has 2 heterocycles. The number of hydrogen-bond donors (Lipinski definition) is 2. The Labute approximate surface area is 166 Å². The van der Waals surface area contributed by atoms with Crippen LogP contribution in [0.5, 0.6) is 0 Å². The zero-order valence-electron chi connectivity index (χ0n) is 14.8. The fourth-order valence-electron chi connectivity index (χ4n) is 3.23. The molecule has 3 aromatic rings. The van der Waals surface area contributed by atoms with Crippen LogP contribution in [0.4, 0.5) is 11.4 Å². The van der Waals surface area contributed by atoms with Gasteiger partial charge in [-0.05, 0) is 48.0 Å². The van der Waals surface area contributed by atoms with E-state index in [4.69, 9.17) is 11.6 Å². The SMILES string of the molecule is CS(=O)(=O)N1CC(c2ncn[nH]2)c2cc(C(=O)Nc3ccc(Cl)cc3)ccc21. The number of sulfonamides is 1. The summed E-state index contributed by atoms with van der Waals surface area (Å²) in [6, 6.07) is 11.7. The van der Waals surface area contributed by atoms with Crippen molar-refractivity contribution in [3.8, 4) is 0 Å². The third kappa shape index (κ3) is 3.46. The maximum atomic E-state index is 12.7. The summed E-state index contributed by atoms with van der Waals surface area (Å²) >= 11 is 5.86. The topological polar surface area (TPSA) is 108 Å². The number of rotatable bonds is 4. The summed E-state index contributed by atoms with van der Waals surface area (Å²) in [7, 11) is -3.47. The second-order valence-electron chi connectivity index (χ2n) is 6.45. The Morgan fingerprint density at radius 1 is 1.25 bits per heavy atom. The Hall–Kier alpha value is -2.91. The van der Waals surface area contributed by atoms with Gasteiger partial charge in [-0.25, -0.2) is 13.4 Å². The Morgan fingerprint density at radius 3 is 2.64 bits per heavy atom. The average Bonchev–Trinajstić information content (AvgIpc) is 3.29. The van der Waals surface area contributed by atoms with Gasteiger partial charge in [0.1, 0.15) is 12.2 Å². The van der Waals surface area contributed by atoms with Crippen molar-refractivity contribution in [1.29, 1.82) is 0 Å². The number of anilines is 2. The predicted molar refractivity (Wildman–Crippen MR) is 106 cm³/mol. The van der Waals surface area contributed by atoms with Gasteiger partial charge < -0.3 is 5.32 Å². The van der Waals surface area contributed by atoms with Gasteiger partial charge >= 0.3 is 0 Å². The second-order valence-corrected chi connectivity index (χ2v) is 8.80. The van der Waals surface area contributed by atoms with Crippen LogP contribution in [0, 0.1) is 0 Å². The molecule has 28 heavy (non-hydrogen) atoms. The molecule has 0 aliphatic carbocycles. The van der Waals surface area contributed by atoms with Crippen molar-refractivity contribution in [1.82, 2.24) is 15.2 Å². The molecular formula is C18H16ClN5O3S. The first-order valence-corrected chi connectivity index (χ1v) is 10.6. The van der Waals surface area contributed by atoms with E-state index >= 15 is 0 Å².